The number of anilines is 2. The number of hydrogen-bond donors (Lipinski definition) is 3. The highest BCUT2D eigenvalue weighted by molar-refractivity contribution is 6.01. The topological polar surface area (TPSA) is 72.8 Å². The zero-order valence-electron chi connectivity index (χ0n) is 19.3. The van der Waals surface area contributed by atoms with Gasteiger partial charge in [-0.3, -0.25) is 4.79 Å². The van der Waals surface area contributed by atoms with E-state index in [4.69, 9.17) is 0 Å². The van der Waals surface area contributed by atoms with Crippen molar-refractivity contribution < 1.29 is 15.0 Å². The van der Waals surface area contributed by atoms with Crippen LogP contribution in [-0.4, -0.2) is 28.7 Å². The summed E-state index contributed by atoms with van der Waals surface area (Å²) in [6.45, 7) is 11.7. The summed E-state index contributed by atoms with van der Waals surface area (Å²) in [6, 6.07) is 11.3. The van der Waals surface area contributed by atoms with E-state index < -0.39 is 5.41 Å². The van der Waals surface area contributed by atoms with Crippen LogP contribution in [0.5, 0.6) is 11.5 Å². The van der Waals surface area contributed by atoms with Gasteiger partial charge in [0.25, 0.3) is 0 Å². The van der Waals surface area contributed by atoms with Crippen molar-refractivity contribution in [1.29, 1.82) is 0 Å². The van der Waals surface area contributed by atoms with Crippen LogP contribution in [0.3, 0.4) is 0 Å². The largest absolute Gasteiger partial charge is 0.504 e. The molecule has 0 saturated heterocycles. The number of carbonyl (C=O) groups excluding carboxylic acids is 1. The van der Waals surface area contributed by atoms with Gasteiger partial charge in [-0.05, 0) is 79.0 Å². The van der Waals surface area contributed by atoms with E-state index in [9.17, 15) is 15.0 Å². The third kappa shape index (κ3) is 4.08. The number of phenolic OH excluding ortho intramolecular Hbond substituents is 2. The van der Waals surface area contributed by atoms with E-state index in [1.165, 1.54) is 23.4 Å². The van der Waals surface area contributed by atoms with Gasteiger partial charge >= 0.3 is 0 Å². The lowest BCUT2D eigenvalue weighted by atomic mass is 9.84. The fraction of sp³-hybridized carbons (Fsp3) is 0.444. The molecular weight excluding hydrogens is 400 g/mol. The minimum absolute atomic E-state index is 0.0595. The van der Waals surface area contributed by atoms with Crippen molar-refractivity contribution in [3.8, 4) is 11.5 Å². The quantitative estimate of drug-likeness (QED) is 0.305. The van der Waals surface area contributed by atoms with Gasteiger partial charge in [0.05, 0.1) is 5.41 Å². The van der Waals surface area contributed by atoms with Crippen LogP contribution < -0.4 is 10.2 Å². The molecule has 5 nitrogen and oxygen atoms in total. The summed E-state index contributed by atoms with van der Waals surface area (Å²) in [4.78, 5) is 15.7. The molecule has 32 heavy (non-hydrogen) atoms. The molecule has 0 aromatic heterocycles. The van der Waals surface area contributed by atoms with Crippen molar-refractivity contribution in [2.75, 3.05) is 16.8 Å². The lowest BCUT2D eigenvalue weighted by molar-refractivity contribution is -0.118. The monoisotopic (exact) mass is 434 g/mol. The first-order valence-corrected chi connectivity index (χ1v) is 11.5. The normalized spacial score (nSPS) is 18.8. The van der Waals surface area contributed by atoms with E-state index in [0.717, 1.165) is 49.9 Å². The molecule has 4 rings (SSSR count). The zero-order chi connectivity index (χ0) is 23.1. The van der Waals surface area contributed by atoms with Crippen molar-refractivity contribution in [2.24, 2.45) is 5.41 Å². The molecule has 0 radical (unpaired) electrons. The SMILES string of the molecule is C=CCCCN1c2ccc(NC(=O)C3(c4ccc(O)c(O)c4)CC3)cc2CC1C(C)(C)C. The molecule has 1 unspecified atom stereocenters. The molecule has 2 aromatic carbocycles. The summed E-state index contributed by atoms with van der Waals surface area (Å²) in [5, 5.41) is 22.6. The van der Waals surface area contributed by atoms with E-state index in [1.807, 2.05) is 12.1 Å². The minimum atomic E-state index is -0.630. The molecule has 1 saturated carbocycles. The van der Waals surface area contributed by atoms with Crippen LogP contribution in [0.1, 0.15) is 57.6 Å². The number of allylic oxidation sites excluding steroid dienone is 1. The van der Waals surface area contributed by atoms with Crippen LogP contribution in [0.2, 0.25) is 0 Å². The van der Waals surface area contributed by atoms with Gasteiger partial charge in [0, 0.05) is 24.0 Å². The molecule has 1 aliphatic carbocycles. The Morgan fingerprint density at radius 3 is 2.56 bits per heavy atom. The molecule has 1 amide bonds. The van der Waals surface area contributed by atoms with Crippen LogP contribution >= 0.6 is 0 Å². The number of nitrogens with zero attached hydrogens (tertiary/aromatic N) is 1. The second-order valence-electron chi connectivity index (χ2n) is 10.3. The maximum Gasteiger partial charge on any atom is 0.235 e. The number of aromatic hydroxyl groups is 2. The summed E-state index contributed by atoms with van der Waals surface area (Å²) in [7, 11) is 0. The average Bonchev–Trinajstić information content (AvgIpc) is 3.46. The number of benzene rings is 2. The fourth-order valence-electron chi connectivity index (χ4n) is 4.89. The van der Waals surface area contributed by atoms with Gasteiger partial charge in [-0.15, -0.1) is 6.58 Å². The van der Waals surface area contributed by atoms with Gasteiger partial charge in [-0.2, -0.15) is 0 Å². The first-order chi connectivity index (χ1) is 15.2. The fourth-order valence-corrected chi connectivity index (χ4v) is 4.89. The summed E-state index contributed by atoms with van der Waals surface area (Å²) in [5.41, 5.74) is 3.60. The van der Waals surface area contributed by atoms with Gasteiger partial charge in [0.15, 0.2) is 11.5 Å². The van der Waals surface area contributed by atoms with Crippen molar-refractivity contribution in [3.05, 3.63) is 60.2 Å². The van der Waals surface area contributed by atoms with E-state index in [0.29, 0.717) is 6.04 Å². The predicted molar refractivity (Wildman–Crippen MR) is 129 cm³/mol. The molecule has 0 spiro atoms. The third-order valence-corrected chi connectivity index (χ3v) is 6.96. The molecule has 1 heterocycles. The van der Waals surface area contributed by atoms with E-state index >= 15 is 0 Å². The highest BCUT2D eigenvalue weighted by Crippen LogP contribution is 2.50. The summed E-state index contributed by atoms with van der Waals surface area (Å²) in [5.74, 6) is -0.422. The van der Waals surface area contributed by atoms with Gasteiger partial charge < -0.3 is 20.4 Å². The van der Waals surface area contributed by atoms with Gasteiger partial charge in [0.2, 0.25) is 5.91 Å². The number of nitrogens with one attached hydrogen (secondary N) is 1. The predicted octanol–water partition coefficient (Wildman–Crippen LogP) is 5.51. The maximum atomic E-state index is 13.2. The summed E-state index contributed by atoms with van der Waals surface area (Å²) < 4.78 is 0. The number of amides is 1. The standard InChI is InChI=1S/C27H34N2O3/c1-5-6-7-14-29-21-10-9-20(15-18(21)16-24(29)26(2,3)4)28-25(32)27(12-13-27)19-8-11-22(30)23(31)17-19/h5,8-11,15,17,24,30-31H,1,6-7,12-14,16H2,2-4H3,(H,28,32). The Labute approximate surface area is 190 Å². The molecule has 1 aliphatic heterocycles. The van der Waals surface area contributed by atoms with Gasteiger partial charge in [0.1, 0.15) is 0 Å². The van der Waals surface area contributed by atoms with E-state index in [2.05, 4.69) is 49.7 Å². The highest BCUT2D eigenvalue weighted by Gasteiger charge is 2.51. The molecule has 2 aliphatic rings. The van der Waals surface area contributed by atoms with Crippen LogP contribution in [0.15, 0.2) is 49.1 Å². The lowest BCUT2D eigenvalue weighted by Crippen LogP contribution is -2.42. The molecule has 2 aromatic rings. The number of hydrogen-bond acceptors (Lipinski definition) is 4. The van der Waals surface area contributed by atoms with Crippen LogP contribution in [0, 0.1) is 5.41 Å². The van der Waals surface area contributed by atoms with Crippen LogP contribution in [0.4, 0.5) is 11.4 Å². The molecule has 5 heteroatoms. The Morgan fingerprint density at radius 1 is 1.19 bits per heavy atom. The molecule has 0 bridgehead atoms. The van der Waals surface area contributed by atoms with Gasteiger partial charge in [-0.25, -0.2) is 0 Å². The average molecular weight is 435 g/mol. The van der Waals surface area contributed by atoms with Gasteiger partial charge in [-0.1, -0.05) is 32.9 Å². The van der Waals surface area contributed by atoms with E-state index in [-0.39, 0.29) is 22.8 Å². The Kier molecular flexibility index (Phi) is 5.70. The highest BCUT2D eigenvalue weighted by atomic mass is 16.3. The van der Waals surface area contributed by atoms with Crippen molar-refractivity contribution in [1.82, 2.24) is 0 Å². The summed E-state index contributed by atoms with van der Waals surface area (Å²) in [6.07, 6.45) is 6.49. The Bertz CT molecular complexity index is 1030. The lowest BCUT2D eigenvalue weighted by Gasteiger charge is -2.37. The van der Waals surface area contributed by atoms with Crippen molar-refractivity contribution in [3.63, 3.8) is 0 Å². The second kappa shape index (κ2) is 8.19. The Balaban J connectivity index is 1.54. The number of rotatable bonds is 7. The maximum absolute atomic E-state index is 13.2. The first kappa shape index (κ1) is 22.3. The van der Waals surface area contributed by atoms with Crippen LogP contribution in [-0.2, 0) is 16.6 Å². The molecule has 1 fully saturated rings. The minimum Gasteiger partial charge on any atom is -0.504 e. The second-order valence-corrected chi connectivity index (χ2v) is 10.3. The molecule has 1 atom stereocenters. The molecular formula is C27H34N2O3. The number of carbonyl (C=O) groups is 1. The Hall–Kier alpha value is -2.95. The number of unbranched alkanes of at least 4 members (excludes halogenated alkanes) is 1. The van der Waals surface area contributed by atoms with Crippen LogP contribution in [0.25, 0.3) is 0 Å². The van der Waals surface area contributed by atoms with E-state index in [1.54, 1.807) is 6.07 Å². The number of fused-ring (bicyclic) bond motifs is 1. The van der Waals surface area contributed by atoms with Crippen molar-refractivity contribution >= 4 is 17.3 Å². The summed E-state index contributed by atoms with van der Waals surface area (Å²) >= 11 is 0. The van der Waals surface area contributed by atoms with Crippen molar-refractivity contribution in [2.45, 2.75) is 64.3 Å². The molecule has 3 N–H and O–H groups in total. The number of phenols is 2. The zero-order valence-corrected chi connectivity index (χ0v) is 19.3. The first-order valence-electron chi connectivity index (χ1n) is 11.5. The smallest absolute Gasteiger partial charge is 0.235 e. The molecule has 170 valence electrons. The Morgan fingerprint density at radius 2 is 1.94 bits per heavy atom. The third-order valence-electron chi connectivity index (χ3n) is 6.96.